The predicted molar refractivity (Wildman–Crippen MR) is 88.3 cm³/mol. The quantitative estimate of drug-likeness (QED) is 0.736. The van der Waals surface area contributed by atoms with Gasteiger partial charge in [0.05, 0.1) is 18.8 Å². The van der Waals surface area contributed by atoms with E-state index in [1.54, 1.807) is 0 Å². The molecule has 2 heteroatoms. The van der Waals surface area contributed by atoms with Crippen LogP contribution < -0.4 is 4.74 Å². The highest BCUT2D eigenvalue weighted by Gasteiger charge is 2.39. The van der Waals surface area contributed by atoms with Crippen molar-refractivity contribution in [2.45, 2.75) is 72.5 Å². The molecule has 1 aliphatic heterocycles. The third-order valence-corrected chi connectivity index (χ3v) is 4.27. The van der Waals surface area contributed by atoms with E-state index in [2.05, 4.69) is 60.6 Å². The number of aryl methyl sites for hydroxylation is 1. The molecular weight excluding hydrogens is 260 g/mol. The summed E-state index contributed by atoms with van der Waals surface area (Å²) in [6.07, 6.45) is 1.86. The highest BCUT2D eigenvalue weighted by Crippen LogP contribution is 2.38. The first kappa shape index (κ1) is 16.4. The van der Waals surface area contributed by atoms with Crippen LogP contribution in [0.2, 0.25) is 0 Å². The SMILES string of the molecule is CCOc1c(CC(C)C2OC2C)cc(C)cc1C(C)(C)C. The summed E-state index contributed by atoms with van der Waals surface area (Å²) >= 11 is 0. The molecule has 21 heavy (non-hydrogen) atoms. The van der Waals surface area contributed by atoms with Crippen LogP contribution in [-0.2, 0) is 16.6 Å². The number of ether oxygens (including phenoxy) is 2. The van der Waals surface area contributed by atoms with E-state index in [1.807, 2.05) is 0 Å². The van der Waals surface area contributed by atoms with Crippen LogP contribution in [0.5, 0.6) is 5.75 Å². The largest absolute Gasteiger partial charge is 0.493 e. The molecule has 0 aromatic heterocycles. The molecule has 0 spiro atoms. The van der Waals surface area contributed by atoms with Gasteiger partial charge < -0.3 is 9.47 Å². The Balaban J connectivity index is 2.36. The van der Waals surface area contributed by atoms with Crippen molar-refractivity contribution in [3.63, 3.8) is 0 Å². The summed E-state index contributed by atoms with van der Waals surface area (Å²) in [5.41, 5.74) is 4.06. The lowest BCUT2D eigenvalue weighted by atomic mass is 9.82. The van der Waals surface area contributed by atoms with E-state index < -0.39 is 0 Å². The second-order valence-electron chi connectivity index (χ2n) is 7.47. The molecule has 1 aromatic rings. The first-order valence-electron chi connectivity index (χ1n) is 8.16. The molecule has 0 bridgehead atoms. The van der Waals surface area contributed by atoms with E-state index in [9.17, 15) is 0 Å². The van der Waals surface area contributed by atoms with Gasteiger partial charge in [-0.1, -0.05) is 45.4 Å². The van der Waals surface area contributed by atoms with Crippen LogP contribution in [0.15, 0.2) is 12.1 Å². The van der Waals surface area contributed by atoms with Gasteiger partial charge in [-0.15, -0.1) is 0 Å². The molecule has 0 N–H and O–H groups in total. The smallest absolute Gasteiger partial charge is 0.126 e. The summed E-state index contributed by atoms with van der Waals surface area (Å²) in [5.74, 6) is 1.63. The van der Waals surface area contributed by atoms with Gasteiger partial charge in [0, 0.05) is 5.56 Å². The number of epoxide rings is 1. The molecule has 0 saturated carbocycles. The van der Waals surface area contributed by atoms with Gasteiger partial charge in [-0.2, -0.15) is 0 Å². The maximum absolute atomic E-state index is 6.04. The zero-order valence-corrected chi connectivity index (χ0v) is 14.6. The van der Waals surface area contributed by atoms with Crippen molar-refractivity contribution in [1.82, 2.24) is 0 Å². The van der Waals surface area contributed by atoms with E-state index in [0.29, 0.717) is 24.7 Å². The van der Waals surface area contributed by atoms with E-state index in [4.69, 9.17) is 9.47 Å². The minimum Gasteiger partial charge on any atom is -0.493 e. The Morgan fingerprint density at radius 2 is 1.90 bits per heavy atom. The molecule has 1 aliphatic rings. The van der Waals surface area contributed by atoms with Crippen LogP contribution in [0.25, 0.3) is 0 Å². The normalized spacial score (nSPS) is 23.0. The molecule has 1 saturated heterocycles. The lowest BCUT2D eigenvalue weighted by molar-refractivity contribution is 0.312. The van der Waals surface area contributed by atoms with Gasteiger partial charge >= 0.3 is 0 Å². The molecule has 0 radical (unpaired) electrons. The maximum Gasteiger partial charge on any atom is 0.126 e. The lowest BCUT2D eigenvalue weighted by Gasteiger charge is -2.26. The second-order valence-corrected chi connectivity index (χ2v) is 7.47. The Morgan fingerprint density at radius 3 is 2.38 bits per heavy atom. The van der Waals surface area contributed by atoms with Crippen molar-refractivity contribution in [1.29, 1.82) is 0 Å². The molecule has 3 unspecified atom stereocenters. The fraction of sp³-hybridized carbons (Fsp3) is 0.684. The third-order valence-electron chi connectivity index (χ3n) is 4.27. The van der Waals surface area contributed by atoms with Gasteiger partial charge in [0.1, 0.15) is 5.75 Å². The van der Waals surface area contributed by atoms with E-state index >= 15 is 0 Å². The van der Waals surface area contributed by atoms with E-state index in [1.165, 1.54) is 16.7 Å². The second kappa shape index (κ2) is 6.00. The summed E-state index contributed by atoms with van der Waals surface area (Å²) in [6, 6.07) is 4.55. The fourth-order valence-corrected chi connectivity index (χ4v) is 3.13. The molecule has 1 heterocycles. The Kier molecular flexibility index (Phi) is 4.67. The predicted octanol–water partition coefficient (Wildman–Crippen LogP) is 4.66. The zero-order valence-electron chi connectivity index (χ0n) is 14.6. The van der Waals surface area contributed by atoms with Crippen LogP contribution >= 0.6 is 0 Å². The van der Waals surface area contributed by atoms with Crippen LogP contribution in [0, 0.1) is 12.8 Å². The number of hydrogen-bond acceptors (Lipinski definition) is 2. The Hall–Kier alpha value is -1.02. The summed E-state index contributed by atoms with van der Waals surface area (Å²) in [7, 11) is 0. The van der Waals surface area contributed by atoms with Gasteiger partial charge in [0.2, 0.25) is 0 Å². The van der Waals surface area contributed by atoms with E-state index in [0.717, 1.165) is 12.2 Å². The molecule has 3 atom stereocenters. The minimum atomic E-state index is 0.0951. The average Bonchev–Trinajstić information content (AvgIpc) is 3.08. The third kappa shape index (κ3) is 3.79. The Labute approximate surface area is 129 Å². The van der Waals surface area contributed by atoms with Crippen LogP contribution in [0.3, 0.4) is 0 Å². The summed E-state index contributed by atoms with van der Waals surface area (Å²) in [6.45, 7) is 16.1. The van der Waals surface area contributed by atoms with Gasteiger partial charge in [-0.3, -0.25) is 0 Å². The van der Waals surface area contributed by atoms with Crippen molar-refractivity contribution < 1.29 is 9.47 Å². The maximum atomic E-state index is 6.04. The Bertz CT molecular complexity index is 499. The van der Waals surface area contributed by atoms with Gasteiger partial charge in [-0.25, -0.2) is 0 Å². The van der Waals surface area contributed by atoms with Crippen molar-refractivity contribution in [3.8, 4) is 5.75 Å². The summed E-state index contributed by atoms with van der Waals surface area (Å²) < 4.78 is 11.7. The molecule has 1 fully saturated rings. The zero-order chi connectivity index (χ0) is 15.8. The highest BCUT2D eigenvalue weighted by molar-refractivity contribution is 5.48. The number of hydrogen-bond donors (Lipinski definition) is 0. The van der Waals surface area contributed by atoms with Gasteiger partial charge in [0.15, 0.2) is 0 Å². The van der Waals surface area contributed by atoms with Crippen molar-refractivity contribution in [2.24, 2.45) is 5.92 Å². The fourth-order valence-electron chi connectivity index (χ4n) is 3.13. The molecule has 2 rings (SSSR count). The minimum absolute atomic E-state index is 0.0951. The monoisotopic (exact) mass is 290 g/mol. The van der Waals surface area contributed by atoms with Gasteiger partial charge in [0.25, 0.3) is 0 Å². The molecule has 2 nitrogen and oxygen atoms in total. The Morgan fingerprint density at radius 1 is 1.29 bits per heavy atom. The summed E-state index contributed by atoms with van der Waals surface area (Å²) in [4.78, 5) is 0. The number of benzene rings is 1. The molecule has 0 amide bonds. The average molecular weight is 290 g/mol. The van der Waals surface area contributed by atoms with E-state index in [-0.39, 0.29) is 5.41 Å². The van der Waals surface area contributed by atoms with Crippen molar-refractivity contribution in [2.75, 3.05) is 6.61 Å². The van der Waals surface area contributed by atoms with Gasteiger partial charge in [-0.05, 0) is 44.1 Å². The van der Waals surface area contributed by atoms with Crippen molar-refractivity contribution in [3.05, 3.63) is 28.8 Å². The standard InChI is InChI=1S/C19H30O2/c1-8-20-18-15(11-13(3)17-14(4)21-17)9-12(2)10-16(18)19(5,6)7/h9-10,13-14,17H,8,11H2,1-7H3. The molecule has 118 valence electrons. The summed E-state index contributed by atoms with van der Waals surface area (Å²) in [5, 5.41) is 0. The molecule has 0 aliphatic carbocycles. The molecular formula is C19H30O2. The van der Waals surface area contributed by atoms with Crippen LogP contribution in [-0.4, -0.2) is 18.8 Å². The number of rotatable bonds is 5. The van der Waals surface area contributed by atoms with Crippen molar-refractivity contribution >= 4 is 0 Å². The van der Waals surface area contributed by atoms with Crippen LogP contribution in [0.1, 0.15) is 58.2 Å². The lowest BCUT2D eigenvalue weighted by Crippen LogP contribution is -2.17. The highest BCUT2D eigenvalue weighted by atomic mass is 16.6. The first-order valence-corrected chi connectivity index (χ1v) is 8.16. The first-order chi connectivity index (χ1) is 9.74. The topological polar surface area (TPSA) is 21.8 Å². The van der Waals surface area contributed by atoms with Crippen LogP contribution in [0.4, 0.5) is 0 Å². The molecule has 1 aromatic carbocycles.